The molecule has 1 aliphatic rings. The van der Waals surface area contributed by atoms with E-state index in [0.717, 1.165) is 11.3 Å². The molecule has 0 atom stereocenters. The number of ether oxygens (including phenoxy) is 1. The van der Waals surface area contributed by atoms with Gasteiger partial charge in [-0.15, -0.1) is 0 Å². The minimum atomic E-state index is 0.140. The van der Waals surface area contributed by atoms with Crippen molar-refractivity contribution in [2.24, 2.45) is 0 Å². The predicted molar refractivity (Wildman–Crippen MR) is 74.7 cm³/mol. The van der Waals surface area contributed by atoms with Crippen molar-refractivity contribution in [3.8, 4) is 5.69 Å². The Hall–Kier alpha value is -2.14. The number of para-hydroxylation sites is 1. The van der Waals surface area contributed by atoms with Crippen LogP contribution >= 0.6 is 0 Å². The molecule has 104 valence electrons. The van der Waals surface area contributed by atoms with Gasteiger partial charge in [0.2, 0.25) is 5.91 Å². The first-order valence-electron chi connectivity index (χ1n) is 6.77. The Bertz CT molecular complexity index is 574. The Kier molecular flexibility index (Phi) is 3.78. The summed E-state index contributed by atoms with van der Waals surface area (Å²) < 4.78 is 7.05. The van der Waals surface area contributed by atoms with Crippen molar-refractivity contribution in [3.63, 3.8) is 0 Å². The van der Waals surface area contributed by atoms with Crippen LogP contribution in [0.2, 0.25) is 0 Å². The highest BCUT2D eigenvalue weighted by molar-refractivity contribution is 5.78. The lowest BCUT2D eigenvalue weighted by Gasteiger charge is -2.26. The van der Waals surface area contributed by atoms with E-state index in [0.29, 0.717) is 32.7 Å². The first kappa shape index (κ1) is 12.9. The van der Waals surface area contributed by atoms with Crippen molar-refractivity contribution in [1.82, 2.24) is 14.7 Å². The number of hydrogen-bond acceptors (Lipinski definition) is 3. The lowest BCUT2D eigenvalue weighted by molar-refractivity contribution is -0.134. The number of carbonyl (C=O) groups is 1. The standard InChI is InChI=1S/C15H17N3O2/c19-15(17-6-8-20-9-7-17)10-13-11-16-18(12-13)14-4-2-1-3-5-14/h1-5,11-12H,6-10H2. The van der Waals surface area contributed by atoms with E-state index in [-0.39, 0.29) is 5.91 Å². The Morgan fingerprint density at radius 2 is 1.95 bits per heavy atom. The van der Waals surface area contributed by atoms with Crippen molar-refractivity contribution in [2.75, 3.05) is 26.3 Å². The fourth-order valence-corrected chi connectivity index (χ4v) is 2.27. The summed E-state index contributed by atoms with van der Waals surface area (Å²) in [7, 11) is 0. The maximum atomic E-state index is 12.1. The van der Waals surface area contributed by atoms with Crippen LogP contribution in [-0.2, 0) is 16.0 Å². The largest absolute Gasteiger partial charge is 0.378 e. The van der Waals surface area contributed by atoms with Gasteiger partial charge in [-0.05, 0) is 17.7 Å². The summed E-state index contributed by atoms with van der Waals surface area (Å²) in [6.45, 7) is 2.64. The quantitative estimate of drug-likeness (QED) is 0.844. The third-order valence-corrected chi connectivity index (χ3v) is 3.38. The van der Waals surface area contributed by atoms with E-state index >= 15 is 0 Å². The van der Waals surface area contributed by atoms with Gasteiger partial charge in [0, 0.05) is 19.3 Å². The Balaban J connectivity index is 1.66. The molecule has 0 radical (unpaired) electrons. The van der Waals surface area contributed by atoms with E-state index in [1.165, 1.54) is 0 Å². The summed E-state index contributed by atoms with van der Waals surface area (Å²) in [4.78, 5) is 14.0. The molecule has 1 aliphatic heterocycles. The van der Waals surface area contributed by atoms with Crippen LogP contribution in [0.1, 0.15) is 5.56 Å². The predicted octanol–water partition coefficient (Wildman–Crippen LogP) is 1.27. The van der Waals surface area contributed by atoms with Crippen molar-refractivity contribution in [3.05, 3.63) is 48.3 Å². The van der Waals surface area contributed by atoms with Gasteiger partial charge in [0.15, 0.2) is 0 Å². The summed E-state index contributed by atoms with van der Waals surface area (Å²) in [6, 6.07) is 9.88. The fourth-order valence-electron chi connectivity index (χ4n) is 2.27. The Labute approximate surface area is 117 Å². The van der Waals surface area contributed by atoms with E-state index in [2.05, 4.69) is 5.10 Å². The second kappa shape index (κ2) is 5.88. The zero-order chi connectivity index (χ0) is 13.8. The first-order valence-corrected chi connectivity index (χ1v) is 6.77. The summed E-state index contributed by atoms with van der Waals surface area (Å²) in [6.07, 6.45) is 4.06. The molecule has 2 heterocycles. The van der Waals surface area contributed by atoms with Gasteiger partial charge in [-0.3, -0.25) is 4.79 Å². The Morgan fingerprint density at radius 3 is 2.70 bits per heavy atom. The van der Waals surface area contributed by atoms with Gasteiger partial charge in [-0.1, -0.05) is 18.2 Å². The van der Waals surface area contributed by atoms with Gasteiger partial charge in [-0.25, -0.2) is 4.68 Å². The SMILES string of the molecule is O=C(Cc1cnn(-c2ccccc2)c1)N1CCOCC1. The van der Waals surface area contributed by atoms with Gasteiger partial charge in [0.1, 0.15) is 0 Å². The number of rotatable bonds is 3. The molecule has 20 heavy (non-hydrogen) atoms. The zero-order valence-electron chi connectivity index (χ0n) is 11.2. The van der Waals surface area contributed by atoms with Crippen LogP contribution in [0, 0.1) is 0 Å². The van der Waals surface area contributed by atoms with Gasteiger partial charge in [-0.2, -0.15) is 5.10 Å². The lowest BCUT2D eigenvalue weighted by Crippen LogP contribution is -2.41. The van der Waals surface area contributed by atoms with E-state index in [1.54, 1.807) is 10.9 Å². The highest BCUT2D eigenvalue weighted by Crippen LogP contribution is 2.09. The third-order valence-electron chi connectivity index (χ3n) is 3.38. The van der Waals surface area contributed by atoms with Crippen LogP contribution in [0.5, 0.6) is 0 Å². The molecule has 0 bridgehead atoms. The Morgan fingerprint density at radius 1 is 1.20 bits per heavy atom. The number of carbonyl (C=O) groups excluding carboxylic acids is 1. The van der Waals surface area contributed by atoms with E-state index in [4.69, 9.17) is 4.74 Å². The molecule has 5 nitrogen and oxygen atoms in total. The minimum absolute atomic E-state index is 0.140. The lowest BCUT2D eigenvalue weighted by atomic mass is 10.2. The van der Waals surface area contributed by atoms with E-state index in [9.17, 15) is 4.79 Å². The topological polar surface area (TPSA) is 47.4 Å². The van der Waals surface area contributed by atoms with Crippen LogP contribution in [0.25, 0.3) is 5.69 Å². The van der Waals surface area contributed by atoms with Crippen LogP contribution in [0.3, 0.4) is 0 Å². The van der Waals surface area contributed by atoms with E-state index < -0.39 is 0 Å². The molecule has 1 aromatic heterocycles. The number of nitrogens with zero attached hydrogens (tertiary/aromatic N) is 3. The first-order chi connectivity index (χ1) is 9.83. The summed E-state index contributed by atoms with van der Waals surface area (Å²) in [5.41, 5.74) is 1.93. The van der Waals surface area contributed by atoms with Crippen molar-refractivity contribution < 1.29 is 9.53 Å². The summed E-state index contributed by atoms with van der Waals surface area (Å²) >= 11 is 0. The summed E-state index contributed by atoms with van der Waals surface area (Å²) in [5, 5.41) is 4.31. The molecule has 1 saturated heterocycles. The van der Waals surface area contributed by atoms with Gasteiger partial charge in [0.05, 0.1) is 31.5 Å². The highest BCUT2D eigenvalue weighted by atomic mass is 16.5. The molecular formula is C15H17N3O2. The number of morpholine rings is 1. The monoisotopic (exact) mass is 271 g/mol. The van der Waals surface area contributed by atoms with Crippen LogP contribution in [-0.4, -0.2) is 46.9 Å². The number of amides is 1. The van der Waals surface area contributed by atoms with Gasteiger partial charge in [0.25, 0.3) is 0 Å². The minimum Gasteiger partial charge on any atom is -0.378 e. The van der Waals surface area contributed by atoms with E-state index in [1.807, 2.05) is 41.4 Å². The average molecular weight is 271 g/mol. The van der Waals surface area contributed by atoms with Crippen LogP contribution < -0.4 is 0 Å². The van der Waals surface area contributed by atoms with Crippen LogP contribution in [0.15, 0.2) is 42.7 Å². The maximum Gasteiger partial charge on any atom is 0.227 e. The van der Waals surface area contributed by atoms with Crippen molar-refractivity contribution in [1.29, 1.82) is 0 Å². The second-order valence-electron chi connectivity index (χ2n) is 4.80. The zero-order valence-corrected chi connectivity index (χ0v) is 11.2. The molecule has 0 aliphatic carbocycles. The molecule has 0 unspecified atom stereocenters. The second-order valence-corrected chi connectivity index (χ2v) is 4.80. The fraction of sp³-hybridized carbons (Fsp3) is 0.333. The number of aromatic nitrogens is 2. The highest BCUT2D eigenvalue weighted by Gasteiger charge is 2.17. The molecule has 1 fully saturated rings. The van der Waals surface area contributed by atoms with Crippen LogP contribution in [0.4, 0.5) is 0 Å². The normalized spacial score (nSPS) is 15.3. The molecule has 1 amide bonds. The molecule has 1 aromatic carbocycles. The van der Waals surface area contributed by atoms with Crippen molar-refractivity contribution in [2.45, 2.75) is 6.42 Å². The molecule has 0 N–H and O–H groups in total. The molecule has 5 heteroatoms. The molecular weight excluding hydrogens is 254 g/mol. The number of hydrogen-bond donors (Lipinski definition) is 0. The maximum absolute atomic E-state index is 12.1. The molecule has 0 saturated carbocycles. The number of benzene rings is 1. The van der Waals surface area contributed by atoms with Gasteiger partial charge >= 0.3 is 0 Å². The third kappa shape index (κ3) is 2.88. The van der Waals surface area contributed by atoms with Gasteiger partial charge < -0.3 is 9.64 Å². The smallest absolute Gasteiger partial charge is 0.227 e. The molecule has 2 aromatic rings. The molecule has 0 spiro atoms. The van der Waals surface area contributed by atoms with Crippen molar-refractivity contribution >= 4 is 5.91 Å². The molecule has 3 rings (SSSR count). The summed E-state index contributed by atoms with van der Waals surface area (Å²) in [5.74, 6) is 0.140. The average Bonchev–Trinajstić information content (AvgIpc) is 2.97.